The average Bonchev–Trinajstić information content (AvgIpc) is 3.17. The molecule has 0 bridgehead atoms. The van der Waals surface area contributed by atoms with Crippen LogP contribution in [0.5, 0.6) is 0 Å². The minimum Gasteiger partial charge on any atom is -0.331 e. The Balaban J connectivity index is 1.58. The molecule has 0 spiro atoms. The van der Waals surface area contributed by atoms with Gasteiger partial charge in [0.05, 0.1) is 27.4 Å². The van der Waals surface area contributed by atoms with E-state index in [1.54, 1.807) is 24.3 Å². The Morgan fingerprint density at radius 1 is 1.00 bits per heavy atom. The van der Waals surface area contributed by atoms with Gasteiger partial charge >= 0.3 is 0 Å². The van der Waals surface area contributed by atoms with Gasteiger partial charge in [0.1, 0.15) is 0 Å². The molecule has 8 nitrogen and oxygen atoms in total. The van der Waals surface area contributed by atoms with Crippen molar-refractivity contribution < 1.29 is 18.0 Å². The van der Waals surface area contributed by atoms with Gasteiger partial charge in [-0.1, -0.05) is 6.07 Å². The van der Waals surface area contributed by atoms with Crippen molar-refractivity contribution in [2.75, 3.05) is 10.0 Å². The molecule has 142 valence electrons. The van der Waals surface area contributed by atoms with E-state index in [0.29, 0.717) is 16.5 Å². The van der Waals surface area contributed by atoms with E-state index in [9.17, 15) is 18.0 Å². The maximum Gasteiger partial charge on any atom is 0.261 e. The monoisotopic (exact) mass is 414 g/mol. The van der Waals surface area contributed by atoms with Gasteiger partial charge in [0.25, 0.3) is 21.8 Å². The van der Waals surface area contributed by atoms with Gasteiger partial charge < -0.3 is 5.32 Å². The molecule has 0 aliphatic carbocycles. The average molecular weight is 414 g/mol. The summed E-state index contributed by atoms with van der Waals surface area (Å²) in [7, 11) is -3.94. The number of thiazole rings is 1. The lowest BCUT2D eigenvalue weighted by Gasteiger charge is -2.10. The van der Waals surface area contributed by atoms with Crippen molar-refractivity contribution in [2.45, 2.75) is 11.8 Å². The largest absolute Gasteiger partial charge is 0.331 e. The molecule has 4 rings (SSSR count). The molecule has 1 aliphatic heterocycles. The number of hydrogen-bond acceptors (Lipinski definition) is 7. The zero-order valence-corrected chi connectivity index (χ0v) is 16.1. The van der Waals surface area contributed by atoms with E-state index in [0.717, 1.165) is 5.69 Å². The van der Waals surface area contributed by atoms with Crippen LogP contribution in [0.25, 0.3) is 0 Å². The smallest absolute Gasteiger partial charge is 0.261 e. The molecule has 0 saturated heterocycles. The van der Waals surface area contributed by atoms with E-state index in [1.165, 1.54) is 29.5 Å². The van der Waals surface area contributed by atoms with Crippen LogP contribution in [0, 0.1) is 6.92 Å². The maximum absolute atomic E-state index is 12.7. The number of aryl methyl sites for hydroxylation is 1. The Hall–Kier alpha value is -3.24. The number of sulfonamides is 1. The van der Waals surface area contributed by atoms with Crippen LogP contribution in [-0.2, 0) is 10.0 Å². The van der Waals surface area contributed by atoms with Gasteiger partial charge in [0.2, 0.25) is 0 Å². The third-order valence-electron chi connectivity index (χ3n) is 4.00. The Labute approximate surface area is 164 Å². The van der Waals surface area contributed by atoms with Gasteiger partial charge in [0.15, 0.2) is 5.13 Å². The molecule has 0 radical (unpaired) electrons. The minimum atomic E-state index is -3.94. The van der Waals surface area contributed by atoms with Crippen LogP contribution in [-0.4, -0.2) is 25.2 Å². The predicted octanol–water partition coefficient (Wildman–Crippen LogP) is 2.88. The van der Waals surface area contributed by atoms with Crippen LogP contribution in [0.2, 0.25) is 0 Å². The highest BCUT2D eigenvalue weighted by molar-refractivity contribution is 7.92. The van der Waals surface area contributed by atoms with Crippen molar-refractivity contribution >= 4 is 49.7 Å². The highest BCUT2D eigenvalue weighted by Gasteiger charge is 2.28. The second kappa shape index (κ2) is 6.73. The second-order valence-corrected chi connectivity index (χ2v) is 8.64. The van der Waals surface area contributed by atoms with Gasteiger partial charge in [-0.3, -0.25) is 19.6 Å². The summed E-state index contributed by atoms with van der Waals surface area (Å²) >= 11 is 1.45. The van der Waals surface area contributed by atoms with Crippen molar-refractivity contribution in [1.29, 1.82) is 0 Å². The molecule has 0 fully saturated rings. The van der Waals surface area contributed by atoms with Gasteiger partial charge in [-0.05, 0) is 43.3 Å². The molecule has 3 aromatic rings. The third-order valence-corrected chi connectivity index (χ3v) is 6.26. The number of carbonyl (C=O) groups is 2. The lowest BCUT2D eigenvalue weighted by Crippen LogP contribution is -2.19. The van der Waals surface area contributed by atoms with Crippen molar-refractivity contribution in [3.05, 3.63) is 64.7 Å². The van der Waals surface area contributed by atoms with Crippen molar-refractivity contribution in [2.24, 2.45) is 0 Å². The highest BCUT2D eigenvalue weighted by Crippen LogP contribution is 2.25. The molecule has 3 N–H and O–H groups in total. The SMILES string of the molecule is Cc1csc(Nc2cccc(NS(=O)(=O)c3ccc4c(c3)C(=O)NC4=O)c2)n1. The van der Waals surface area contributed by atoms with Crippen molar-refractivity contribution in [3.63, 3.8) is 0 Å². The van der Waals surface area contributed by atoms with Gasteiger partial charge in [0, 0.05) is 11.1 Å². The molecule has 2 amide bonds. The van der Waals surface area contributed by atoms with Gasteiger partial charge in [-0.2, -0.15) is 0 Å². The number of imide groups is 1. The number of hydrogen-bond donors (Lipinski definition) is 3. The molecule has 2 aromatic carbocycles. The number of aromatic nitrogens is 1. The fourth-order valence-electron chi connectivity index (χ4n) is 2.72. The normalized spacial score (nSPS) is 13.2. The molecule has 1 aliphatic rings. The number of anilines is 3. The predicted molar refractivity (Wildman–Crippen MR) is 106 cm³/mol. The van der Waals surface area contributed by atoms with Crippen LogP contribution in [0.4, 0.5) is 16.5 Å². The summed E-state index contributed by atoms with van der Waals surface area (Å²) in [5.41, 5.74) is 2.12. The van der Waals surface area contributed by atoms with E-state index < -0.39 is 21.8 Å². The molecule has 1 aromatic heterocycles. The molecule has 0 saturated carbocycles. The van der Waals surface area contributed by atoms with Crippen LogP contribution < -0.4 is 15.4 Å². The Bertz CT molecular complexity index is 1220. The zero-order chi connectivity index (χ0) is 19.9. The fourth-order valence-corrected chi connectivity index (χ4v) is 4.51. The number of carbonyl (C=O) groups excluding carboxylic acids is 2. The van der Waals surface area contributed by atoms with E-state index in [2.05, 4.69) is 20.3 Å². The maximum atomic E-state index is 12.7. The summed E-state index contributed by atoms with van der Waals surface area (Å²) in [5, 5.41) is 7.86. The molecular formula is C18H14N4O4S2. The standard InChI is InChI=1S/C18H14N4O4S2/c1-10-9-27-18(19-10)20-11-3-2-4-12(7-11)22-28(25,26)13-5-6-14-15(8-13)17(24)21-16(14)23/h2-9,22H,1H3,(H,19,20)(H,21,23,24). The summed E-state index contributed by atoms with van der Waals surface area (Å²) in [5.74, 6) is -1.14. The molecular weight excluding hydrogens is 400 g/mol. The molecule has 2 heterocycles. The number of nitrogens with one attached hydrogen (secondary N) is 3. The van der Waals surface area contributed by atoms with E-state index in [1.807, 2.05) is 12.3 Å². The van der Waals surface area contributed by atoms with E-state index in [4.69, 9.17) is 0 Å². The van der Waals surface area contributed by atoms with Gasteiger partial charge in [-0.25, -0.2) is 13.4 Å². The summed E-state index contributed by atoms with van der Waals surface area (Å²) in [4.78, 5) is 27.6. The van der Waals surface area contributed by atoms with Crippen molar-refractivity contribution in [3.8, 4) is 0 Å². The second-order valence-electron chi connectivity index (χ2n) is 6.10. The molecule has 0 unspecified atom stereocenters. The topological polar surface area (TPSA) is 117 Å². The van der Waals surface area contributed by atoms with Crippen molar-refractivity contribution in [1.82, 2.24) is 10.3 Å². The van der Waals surface area contributed by atoms with E-state index >= 15 is 0 Å². The first-order valence-corrected chi connectivity index (χ1v) is 10.5. The quantitative estimate of drug-likeness (QED) is 0.553. The van der Waals surface area contributed by atoms with Crippen LogP contribution >= 0.6 is 11.3 Å². The first-order chi connectivity index (χ1) is 13.3. The van der Waals surface area contributed by atoms with Crippen LogP contribution in [0.3, 0.4) is 0 Å². The molecule has 0 atom stereocenters. The Kier molecular flexibility index (Phi) is 4.36. The number of fused-ring (bicyclic) bond motifs is 1. The number of nitrogens with zero attached hydrogens (tertiary/aromatic N) is 1. The van der Waals surface area contributed by atoms with E-state index in [-0.39, 0.29) is 16.0 Å². The summed E-state index contributed by atoms with van der Waals surface area (Å²) in [6.45, 7) is 1.89. The fraction of sp³-hybridized carbons (Fsp3) is 0.0556. The third kappa shape index (κ3) is 3.47. The Morgan fingerprint density at radius 2 is 1.75 bits per heavy atom. The minimum absolute atomic E-state index is 0.0439. The number of amides is 2. The molecule has 28 heavy (non-hydrogen) atoms. The lowest BCUT2D eigenvalue weighted by molar-refractivity contribution is 0.0879. The summed E-state index contributed by atoms with van der Waals surface area (Å²) in [6, 6.07) is 10.6. The number of benzene rings is 2. The first-order valence-electron chi connectivity index (χ1n) is 8.13. The molecule has 10 heteroatoms. The first kappa shape index (κ1) is 18.1. The summed E-state index contributed by atoms with van der Waals surface area (Å²) in [6.07, 6.45) is 0. The Morgan fingerprint density at radius 3 is 2.50 bits per heavy atom. The summed E-state index contributed by atoms with van der Waals surface area (Å²) < 4.78 is 27.9. The zero-order valence-electron chi connectivity index (χ0n) is 14.5. The number of rotatable bonds is 5. The lowest BCUT2D eigenvalue weighted by atomic mass is 10.1. The van der Waals surface area contributed by atoms with Crippen LogP contribution in [0.1, 0.15) is 26.4 Å². The highest BCUT2D eigenvalue weighted by atomic mass is 32.2. The van der Waals surface area contributed by atoms with Gasteiger partial charge in [-0.15, -0.1) is 11.3 Å². The van der Waals surface area contributed by atoms with Crippen LogP contribution in [0.15, 0.2) is 52.7 Å².